The second kappa shape index (κ2) is 10.6. The molecule has 0 amide bonds. The van der Waals surface area contributed by atoms with Crippen LogP contribution in [0.15, 0.2) is 48.5 Å². The molecular formula is C26H29F2O5P. The number of Topliss-reactive ketones (excluding diaryl/α,β-unsaturated/α-hetero) is 2. The number of halogens is 2. The lowest BCUT2D eigenvalue weighted by Gasteiger charge is -2.28. The fourth-order valence-electron chi connectivity index (χ4n) is 5.55. The first kappa shape index (κ1) is 24.9. The van der Waals surface area contributed by atoms with Gasteiger partial charge in [0.05, 0.1) is 10.8 Å². The molecule has 2 aromatic carbocycles. The van der Waals surface area contributed by atoms with Crippen molar-refractivity contribution in [1.82, 2.24) is 0 Å². The smallest absolute Gasteiger partial charge is 0.303 e. The van der Waals surface area contributed by atoms with Gasteiger partial charge < -0.3 is 9.05 Å². The van der Waals surface area contributed by atoms with E-state index in [2.05, 4.69) is 0 Å². The van der Waals surface area contributed by atoms with Crippen molar-refractivity contribution in [2.75, 3.05) is 13.2 Å². The standard InChI is InChI=1S/C26H29F2O5P/c27-21-9-5-7-19(15-21)25(11-1-2-12-25)23(29)17-32-34(31)33-18-24(30)26(13-3-4-14-26)20-8-6-10-22(28)16-20/h5-10,15-16,34H,1-4,11-14,17-18H2. The van der Waals surface area contributed by atoms with E-state index in [-0.39, 0.29) is 11.6 Å². The van der Waals surface area contributed by atoms with Crippen LogP contribution in [0, 0.1) is 11.6 Å². The average molecular weight is 490 g/mol. The van der Waals surface area contributed by atoms with Gasteiger partial charge in [-0.15, -0.1) is 0 Å². The molecule has 4 rings (SSSR count). The van der Waals surface area contributed by atoms with E-state index in [1.807, 2.05) is 0 Å². The summed E-state index contributed by atoms with van der Waals surface area (Å²) in [4.78, 5) is 26.1. The van der Waals surface area contributed by atoms with Crippen molar-refractivity contribution in [3.8, 4) is 0 Å². The van der Waals surface area contributed by atoms with Crippen LogP contribution >= 0.6 is 8.25 Å². The predicted molar refractivity (Wildman–Crippen MR) is 124 cm³/mol. The molecule has 0 radical (unpaired) electrons. The minimum atomic E-state index is -3.11. The zero-order valence-corrected chi connectivity index (χ0v) is 20.0. The molecule has 0 saturated heterocycles. The molecule has 0 heterocycles. The van der Waals surface area contributed by atoms with Gasteiger partial charge >= 0.3 is 8.25 Å². The Hall–Kier alpha value is -2.21. The number of hydrogen-bond acceptors (Lipinski definition) is 5. The summed E-state index contributed by atoms with van der Waals surface area (Å²) in [6, 6.07) is 12.0. The summed E-state index contributed by atoms with van der Waals surface area (Å²) in [6.07, 6.45) is 5.67. The fraction of sp³-hybridized carbons (Fsp3) is 0.462. The summed E-state index contributed by atoms with van der Waals surface area (Å²) in [5.74, 6) is -1.36. The van der Waals surface area contributed by atoms with E-state index in [4.69, 9.17) is 9.05 Å². The van der Waals surface area contributed by atoms with Gasteiger partial charge in [0, 0.05) is 0 Å². The highest BCUT2D eigenvalue weighted by atomic mass is 31.1. The maximum atomic E-state index is 13.8. The summed E-state index contributed by atoms with van der Waals surface area (Å²) in [5, 5.41) is 0. The molecule has 2 fully saturated rings. The molecule has 8 heteroatoms. The number of ketones is 2. The highest BCUT2D eigenvalue weighted by molar-refractivity contribution is 7.33. The predicted octanol–water partition coefficient (Wildman–Crippen LogP) is 5.85. The summed E-state index contributed by atoms with van der Waals surface area (Å²) in [5.41, 5.74) is -0.503. The highest BCUT2D eigenvalue weighted by Crippen LogP contribution is 2.44. The molecule has 0 bridgehead atoms. The van der Waals surface area contributed by atoms with Crippen LogP contribution in [0.1, 0.15) is 62.5 Å². The number of benzene rings is 2. The van der Waals surface area contributed by atoms with Gasteiger partial charge in [0.25, 0.3) is 0 Å². The molecule has 2 aromatic rings. The first-order valence-corrected chi connectivity index (χ1v) is 13.0. The van der Waals surface area contributed by atoms with Crippen LogP contribution in [0.4, 0.5) is 8.78 Å². The summed E-state index contributed by atoms with van der Waals surface area (Å²) < 4.78 is 50.4. The summed E-state index contributed by atoms with van der Waals surface area (Å²) in [7, 11) is -3.11. The van der Waals surface area contributed by atoms with Gasteiger partial charge in [-0.05, 0) is 61.1 Å². The monoisotopic (exact) mass is 490 g/mol. The lowest BCUT2D eigenvalue weighted by atomic mass is 9.75. The Morgan fingerprint density at radius 2 is 1.12 bits per heavy atom. The van der Waals surface area contributed by atoms with E-state index >= 15 is 0 Å². The molecule has 2 saturated carbocycles. The molecule has 0 unspecified atom stereocenters. The Kier molecular flexibility index (Phi) is 7.76. The van der Waals surface area contributed by atoms with Crippen molar-refractivity contribution >= 4 is 19.8 Å². The molecular weight excluding hydrogens is 461 g/mol. The van der Waals surface area contributed by atoms with Crippen molar-refractivity contribution < 1.29 is 32.0 Å². The average Bonchev–Trinajstić information content (AvgIpc) is 3.53. The molecule has 0 aromatic heterocycles. The second-order valence-electron chi connectivity index (χ2n) is 9.27. The molecule has 182 valence electrons. The lowest BCUT2D eigenvalue weighted by Crippen LogP contribution is -2.36. The molecule has 0 atom stereocenters. The molecule has 5 nitrogen and oxygen atoms in total. The third-order valence-electron chi connectivity index (χ3n) is 7.38. The van der Waals surface area contributed by atoms with Gasteiger partial charge in [0.15, 0.2) is 11.6 Å². The van der Waals surface area contributed by atoms with Crippen LogP contribution in [0.25, 0.3) is 0 Å². The van der Waals surface area contributed by atoms with E-state index in [0.29, 0.717) is 36.8 Å². The normalized spacial score (nSPS) is 18.9. The first-order chi connectivity index (χ1) is 16.4. The molecule has 0 spiro atoms. The van der Waals surface area contributed by atoms with Crippen LogP contribution in [-0.4, -0.2) is 24.8 Å². The van der Waals surface area contributed by atoms with Gasteiger partial charge in [-0.1, -0.05) is 49.9 Å². The van der Waals surface area contributed by atoms with Crippen LogP contribution in [0.5, 0.6) is 0 Å². The van der Waals surface area contributed by atoms with Crippen molar-refractivity contribution in [2.24, 2.45) is 0 Å². The van der Waals surface area contributed by atoms with E-state index in [0.717, 1.165) is 25.7 Å². The van der Waals surface area contributed by atoms with E-state index in [1.54, 1.807) is 24.3 Å². The van der Waals surface area contributed by atoms with Crippen LogP contribution in [0.2, 0.25) is 0 Å². The number of carbonyl (C=O) groups excluding carboxylic acids is 2. The minimum absolute atomic E-state index is 0.268. The van der Waals surface area contributed by atoms with E-state index < -0.39 is 43.9 Å². The Bertz CT molecular complexity index is 991. The van der Waals surface area contributed by atoms with Gasteiger partial charge in [-0.25, -0.2) is 8.78 Å². The largest absolute Gasteiger partial charge is 0.319 e. The third-order valence-corrected chi connectivity index (χ3v) is 8.14. The Balaban J connectivity index is 1.36. The lowest BCUT2D eigenvalue weighted by molar-refractivity contribution is -0.127. The Morgan fingerprint density at radius 1 is 0.735 bits per heavy atom. The molecule has 0 N–H and O–H groups in total. The Labute approximate surface area is 198 Å². The third kappa shape index (κ3) is 5.07. The van der Waals surface area contributed by atoms with Crippen molar-refractivity contribution in [3.05, 3.63) is 71.3 Å². The van der Waals surface area contributed by atoms with Crippen molar-refractivity contribution in [1.29, 1.82) is 0 Å². The van der Waals surface area contributed by atoms with Gasteiger partial charge in [0.1, 0.15) is 24.8 Å². The molecule has 2 aliphatic carbocycles. The molecule has 34 heavy (non-hydrogen) atoms. The SMILES string of the molecule is O=C(CO[PH](=O)OCC(=O)C1(c2cccc(F)c2)CCCC1)C1(c2cccc(F)c2)CCCC1. The minimum Gasteiger partial charge on any atom is -0.303 e. The first-order valence-electron chi connectivity index (χ1n) is 11.7. The molecule has 2 aliphatic rings. The highest BCUT2D eigenvalue weighted by Gasteiger charge is 2.44. The maximum absolute atomic E-state index is 13.8. The zero-order chi connectivity index (χ0) is 24.2. The van der Waals surface area contributed by atoms with Gasteiger partial charge in [-0.3, -0.25) is 14.2 Å². The van der Waals surface area contributed by atoms with Gasteiger partial charge in [-0.2, -0.15) is 0 Å². The quantitative estimate of drug-likeness (QED) is 0.391. The van der Waals surface area contributed by atoms with Crippen LogP contribution in [-0.2, 0) is 34.0 Å². The summed E-state index contributed by atoms with van der Waals surface area (Å²) >= 11 is 0. The van der Waals surface area contributed by atoms with E-state index in [1.165, 1.54) is 24.3 Å². The maximum Gasteiger partial charge on any atom is 0.319 e. The summed E-state index contributed by atoms with van der Waals surface area (Å²) in [6.45, 7) is -0.866. The van der Waals surface area contributed by atoms with Crippen LogP contribution < -0.4 is 0 Å². The molecule has 0 aliphatic heterocycles. The van der Waals surface area contributed by atoms with Crippen molar-refractivity contribution in [2.45, 2.75) is 62.2 Å². The van der Waals surface area contributed by atoms with Gasteiger partial charge in [0.2, 0.25) is 0 Å². The van der Waals surface area contributed by atoms with E-state index in [9.17, 15) is 22.9 Å². The second-order valence-corrected chi connectivity index (χ2v) is 10.4. The van der Waals surface area contributed by atoms with Crippen molar-refractivity contribution in [3.63, 3.8) is 0 Å². The Morgan fingerprint density at radius 3 is 1.47 bits per heavy atom. The van der Waals surface area contributed by atoms with Crippen LogP contribution in [0.3, 0.4) is 0 Å². The fourth-order valence-corrected chi connectivity index (χ4v) is 6.13. The zero-order valence-electron chi connectivity index (χ0n) is 19.0. The topological polar surface area (TPSA) is 69.7 Å². The number of hydrogen-bond donors (Lipinski definition) is 0. The number of rotatable bonds is 10. The number of carbonyl (C=O) groups is 2.